The van der Waals surface area contributed by atoms with Gasteiger partial charge in [-0.15, -0.1) is 0 Å². The molecule has 2 aliphatic carbocycles. The minimum atomic E-state index is -0.308. The van der Waals surface area contributed by atoms with Gasteiger partial charge >= 0.3 is 0 Å². The minimum absolute atomic E-state index is 0.186. The van der Waals surface area contributed by atoms with Crippen LogP contribution in [0.5, 0.6) is 0 Å². The molecule has 0 aliphatic heterocycles. The van der Waals surface area contributed by atoms with Gasteiger partial charge in [-0.05, 0) is 44.7 Å². The van der Waals surface area contributed by atoms with Crippen LogP contribution in [-0.2, 0) is 0 Å². The Hall–Kier alpha value is -2.38. The first-order chi connectivity index (χ1) is 14.1. The highest BCUT2D eigenvalue weighted by Crippen LogP contribution is 2.68. The van der Waals surface area contributed by atoms with Crippen molar-refractivity contribution in [3.8, 4) is 11.3 Å². The van der Waals surface area contributed by atoms with Gasteiger partial charge in [-0.1, -0.05) is 18.5 Å². The topological polar surface area (TPSA) is 87.3 Å². The van der Waals surface area contributed by atoms with Gasteiger partial charge < -0.3 is 19.7 Å². The van der Waals surface area contributed by atoms with Crippen LogP contribution >= 0.6 is 11.6 Å². The highest BCUT2D eigenvalue weighted by Gasteiger charge is 2.73. The predicted molar refractivity (Wildman–Crippen MR) is 118 cm³/mol. The van der Waals surface area contributed by atoms with Crippen molar-refractivity contribution in [1.82, 2.24) is 15.0 Å². The largest absolute Gasteiger partial charge is 0.454 e. The Labute approximate surface area is 180 Å². The van der Waals surface area contributed by atoms with E-state index in [0.29, 0.717) is 39.7 Å². The molecule has 2 fully saturated rings. The Morgan fingerprint density at radius 3 is 2.70 bits per heavy atom. The summed E-state index contributed by atoms with van der Waals surface area (Å²) in [6.07, 6.45) is 3.37. The second kappa shape index (κ2) is 6.31. The minimum Gasteiger partial charge on any atom is -0.454 e. The second-order valence-corrected chi connectivity index (χ2v) is 9.59. The van der Waals surface area contributed by atoms with Crippen LogP contribution in [0.25, 0.3) is 22.3 Å². The van der Waals surface area contributed by atoms with Crippen molar-refractivity contribution in [1.29, 1.82) is 0 Å². The van der Waals surface area contributed by atoms with E-state index in [0.717, 1.165) is 23.9 Å². The average molecular weight is 428 g/mol. The van der Waals surface area contributed by atoms with Gasteiger partial charge in [0.1, 0.15) is 16.7 Å². The number of anilines is 2. The summed E-state index contributed by atoms with van der Waals surface area (Å²) in [4.78, 5) is 15.4. The number of pyridine rings is 1. The third-order valence-electron chi connectivity index (χ3n) is 7.24. The molecular weight excluding hydrogens is 402 g/mol. The van der Waals surface area contributed by atoms with E-state index in [1.54, 1.807) is 6.20 Å². The summed E-state index contributed by atoms with van der Waals surface area (Å²) >= 11 is 6.67. The average Bonchev–Trinajstić information content (AvgIpc) is 2.95. The number of aryl methyl sites for hydroxylation is 1. The third kappa shape index (κ3) is 2.65. The molecule has 2 N–H and O–H groups in total. The first kappa shape index (κ1) is 19.6. The van der Waals surface area contributed by atoms with Crippen molar-refractivity contribution in [2.45, 2.75) is 45.3 Å². The molecule has 0 saturated heterocycles. The lowest BCUT2D eigenvalue weighted by Gasteiger charge is -2.36. The first-order valence-electron chi connectivity index (χ1n) is 10.2. The normalized spacial score (nSPS) is 29.8. The summed E-state index contributed by atoms with van der Waals surface area (Å²) < 4.78 is 6.08. The molecule has 3 aromatic heterocycles. The molecule has 0 bridgehead atoms. The van der Waals surface area contributed by atoms with Gasteiger partial charge in [0, 0.05) is 36.1 Å². The molecule has 2 saturated carbocycles. The van der Waals surface area contributed by atoms with Crippen molar-refractivity contribution in [2.75, 3.05) is 24.3 Å². The van der Waals surface area contributed by atoms with Crippen LogP contribution < -0.4 is 10.2 Å². The molecule has 5 rings (SSSR count). The van der Waals surface area contributed by atoms with Crippen molar-refractivity contribution >= 4 is 34.3 Å². The maximum Gasteiger partial charge on any atom is 0.228 e. The van der Waals surface area contributed by atoms with E-state index in [1.165, 1.54) is 0 Å². The van der Waals surface area contributed by atoms with Crippen LogP contribution in [0, 0.1) is 18.3 Å². The maximum atomic E-state index is 10.5. The highest BCUT2D eigenvalue weighted by atomic mass is 35.5. The number of aromatic nitrogens is 3. The molecule has 0 radical (unpaired) electrons. The van der Waals surface area contributed by atoms with Crippen molar-refractivity contribution in [2.24, 2.45) is 11.3 Å². The lowest BCUT2D eigenvalue weighted by molar-refractivity contribution is 0.172. The lowest BCUT2D eigenvalue weighted by Crippen LogP contribution is -2.43. The summed E-state index contributed by atoms with van der Waals surface area (Å²) in [6, 6.07) is 3.92. The summed E-state index contributed by atoms with van der Waals surface area (Å²) in [7, 11) is 3.76. The second-order valence-electron chi connectivity index (χ2n) is 9.24. The van der Waals surface area contributed by atoms with E-state index >= 15 is 0 Å². The van der Waals surface area contributed by atoms with E-state index in [-0.39, 0.29) is 17.1 Å². The standard InChI is InChI=1S/C22H26ClN5O2/c1-11-8-12-9-14(30-15(12)10-24-11)16-18(23)25-20(28(4)5)26-19(16)27-21(2)7-6-13-17(29)22(13,21)3/h8-10,13,17,29H,6-7H2,1-5H3,(H,25,26,27). The number of aliphatic hydroxyl groups is 1. The third-order valence-corrected chi connectivity index (χ3v) is 7.51. The molecular formula is C22H26ClN5O2. The number of hydrogen-bond acceptors (Lipinski definition) is 7. The van der Waals surface area contributed by atoms with Gasteiger partial charge in [0.2, 0.25) is 5.95 Å². The number of hydrogen-bond donors (Lipinski definition) is 2. The van der Waals surface area contributed by atoms with Gasteiger partial charge in [-0.3, -0.25) is 4.98 Å². The SMILES string of the molecule is Cc1cc2cc(-c3c(Cl)nc(N(C)C)nc3NC3(C)CCC4C(O)C43C)oc2cn1. The monoisotopic (exact) mass is 427 g/mol. The van der Waals surface area contributed by atoms with Crippen LogP contribution in [0.3, 0.4) is 0 Å². The zero-order valence-corrected chi connectivity index (χ0v) is 18.6. The van der Waals surface area contributed by atoms with Crippen LogP contribution in [0.15, 0.2) is 22.7 Å². The molecule has 4 unspecified atom stereocenters. The van der Waals surface area contributed by atoms with Gasteiger partial charge in [0.25, 0.3) is 0 Å². The number of fused-ring (bicyclic) bond motifs is 2. The molecule has 3 heterocycles. The zero-order valence-electron chi connectivity index (χ0n) is 17.8. The van der Waals surface area contributed by atoms with E-state index in [2.05, 4.69) is 29.1 Å². The molecule has 4 atom stereocenters. The maximum absolute atomic E-state index is 10.5. The van der Waals surface area contributed by atoms with Gasteiger partial charge in [-0.25, -0.2) is 4.98 Å². The van der Waals surface area contributed by atoms with Crippen LogP contribution in [-0.4, -0.2) is 45.8 Å². The first-order valence-corrected chi connectivity index (χ1v) is 10.6. The van der Waals surface area contributed by atoms with E-state index in [1.807, 2.05) is 38.1 Å². The van der Waals surface area contributed by atoms with Crippen LogP contribution in [0.1, 0.15) is 32.4 Å². The summed E-state index contributed by atoms with van der Waals surface area (Å²) in [5.41, 5.74) is 1.73. The van der Waals surface area contributed by atoms with Crippen molar-refractivity contribution in [3.05, 3.63) is 29.2 Å². The van der Waals surface area contributed by atoms with Crippen molar-refractivity contribution < 1.29 is 9.52 Å². The summed E-state index contributed by atoms with van der Waals surface area (Å²) in [6.45, 7) is 6.25. The number of nitrogens with one attached hydrogen (secondary N) is 1. The van der Waals surface area contributed by atoms with E-state index in [9.17, 15) is 5.11 Å². The van der Waals surface area contributed by atoms with Crippen LogP contribution in [0.4, 0.5) is 11.8 Å². The number of nitrogens with zero attached hydrogens (tertiary/aromatic N) is 4. The van der Waals surface area contributed by atoms with Crippen LogP contribution in [0.2, 0.25) is 5.15 Å². The number of halogens is 1. The molecule has 2 aliphatic rings. The Kier molecular flexibility index (Phi) is 4.12. The molecule has 8 heteroatoms. The number of furan rings is 1. The quantitative estimate of drug-likeness (QED) is 0.601. The predicted octanol–water partition coefficient (Wildman–Crippen LogP) is 4.27. The van der Waals surface area contributed by atoms with Gasteiger partial charge in [0.05, 0.1) is 17.9 Å². The molecule has 158 valence electrons. The van der Waals surface area contributed by atoms with Gasteiger partial charge in [0.15, 0.2) is 5.58 Å². The molecule has 3 aromatic rings. The highest BCUT2D eigenvalue weighted by molar-refractivity contribution is 6.32. The fourth-order valence-electron chi connectivity index (χ4n) is 5.05. The zero-order chi connectivity index (χ0) is 21.4. The lowest BCUT2D eigenvalue weighted by atomic mass is 9.84. The van der Waals surface area contributed by atoms with E-state index < -0.39 is 0 Å². The molecule has 0 aromatic carbocycles. The molecule has 30 heavy (non-hydrogen) atoms. The molecule has 0 spiro atoms. The van der Waals surface area contributed by atoms with Crippen molar-refractivity contribution in [3.63, 3.8) is 0 Å². The Morgan fingerprint density at radius 1 is 1.27 bits per heavy atom. The smallest absolute Gasteiger partial charge is 0.228 e. The summed E-state index contributed by atoms with van der Waals surface area (Å²) in [5, 5.41) is 15.4. The van der Waals surface area contributed by atoms with E-state index in [4.69, 9.17) is 21.0 Å². The molecule has 0 amide bonds. The number of rotatable bonds is 4. The Balaban J connectivity index is 1.65. The fraction of sp³-hybridized carbons (Fsp3) is 0.500. The number of aliphatic hydroxyl groups excluding tert-OH is 1. The fourth-order valence-corrected chi connectivity index (χ4v) is 5.31. The summed E-state index contributed by atoms with van der Waals surface area (Å²) in [5.74, 6) is 2.05. The Bertz CT molecular complexity index is 1160. The van der Waals surface area contributed by atoms with Gasteiger partial charge in [-0.2, -0.15) is 4.98 Å². The molecule has 7 nitrogen and oxygen atoms in total. The Morgan fingerprint density at radius 2 is 2.03 bits per heavy atom.